The first-order chi connectivity index (χ1) is 9.10. The molecule has 0 spiro atoms. The summed E-state index contributed by atoms with van der Waals surface area (Å²) in [4.78, 5) is 0. The van der Waals surface area contributed by atoms with Crippen LogP contribution in [0.4, 0.5) is 0 Å². The van der Waals surface area contributed by atoms with Gasteiger partial charge in [-0.25, -0.2) is 0 Å². The van der Waals surface area contributed by atoms with E-state index in [0.717, 1.165) is 25.9 Å². The van der Waals surface area contributed by atoms with Crippen LogP contribution >= 0.6 is 0 Å². The molecule has 0 saturated carbocycles. The van der Waals surface area contributed by atoms with Gasteiger partial charge in [-0.15, -0.1) is 0 Å². The van der Waals surface area contributed by atoms with E-state index >= 15 is 0 Å². The van der Waals surface area contributed by atoms with Crippen LogP contribution < -0.4 is 10.0 Å². The second-order valence-electron chi connectivity index (χ2n) is 4.53. The van der Waals surface area contributed by atoms with Crippen molar-refractivity contribution in [3.8, 4) is 0 Å². The Bertz CT molecular complexity index is 323. The average Bonchev–Trinajstić information content (AvgIpc) is 2.39. The van der Waals surface area contributed by atoms with Crippen molar-refractivity contribution in [1.29, 1.82) is 0 Å². The molecule has 1 rings (SSSR count). The lowest BCUT2D eigenvalue weighted by molar-refractivity contribution is 0.149. The van der Waals surface area contributed by atoms with E-state index in [0.29, 0.717) is 26.3 Å². The Hall–Kier alpha value is -0.250. The normalized spacial score (nSPS) is 18.1. The Kier molecular flexibility index (Phi) is 7.81. The second-order valence-corrected chi connectivity index (χ2v) is 6.23. The van der Waals surface area contributed by atoms with Gasteiger partial charge in [-0.3, -0.25) is 0 Å². The van der Waals surface area contributed by atoms with Gasteiger partial charge in [-0.2, -0.15) is 17.4 Å². The summed E-state index contributed by atoms with van der Waals surface area (Å²) < 4.78 is 38.6. The summed E-state index contributed by atoms with van der Waals surface area (Å²) in [6.07, 6.45) is 1.64. The molecule has 1 heterocycles. The summed E-state index contributed by atoms with van der Waals surface area (Å²) in [5, 5.41) is 3.21. The molecule has 0 aromatic carbocycles. The number of ether oxygens (including phenoxy) is 2. The molecule has 2 N–H and O–H groups in total. The third-order valence-electron chi connectivity index (χ3n) is 3.08. The average molecular weight is 295 g/mol. The van der Waals surface area contributed by atoms with E-state index in [1.54, 1.807) is 14.2 Å². The highest BCUT2D eigenvalue weighted by atomic mass is 32.2. The highest BCUT2D eigenvalue weighted by molar-refractivity contribution is 7.87. The predicted octanol–water partition coefficient (Wildman–Crippen LogP) is -0.832. The van der Waals surface area contributed by atoms with Gasteiger partial charge in [0.05, 0.1) is 13.2 Å². The van der Waals surface area contributed by atoms with Gasteiger partial charge in [0.25, 0.3) is 10.2 Å². The molecule has 0 radical (unpaired) electrons. The zero-order valence-corrected chi connectivity index (χ0v) is 12.5. The highest BCUT2D eigenvalue weighted by Gasteiger charge is 2.25. The van der Waals surface area contributed by atoms with E-state index in [-0.39, 0.29) is 6.04 Å². The van der Waals surface area contributed by atoms with E-state index in [1.807, 2.05) is 0 Å². The molecule has 1 saturated heterocycles. The van der Waals surface area contributed by atoms with Gasteiger partial charge in [-0.05, 0) is 25.9 Å². The zero-order valence-electron chi connectivity index (χ0n) is 11.7. The number of piperidine rings is 1. The summed E-state index contributed by atoms with van der Waals surface area (Å²) in [6, 6.07) is 0.0128. The summed E-state index contributed by atoms with van der Waals surface area (Å²) in [6.45, 7) is 3.11. The van der Waals surface area contributed by atoms with Gasteiger partial charge in [0, 0.05) is 33.4 Å². The SMILES string of the molecule is COCCN(CCOC)S(=O)(=O)NC1CCNCC1. The molecule has 19 heavy (non-hydrogen) atoms. The van der Waals surface area contributed by atoms with Crippen molar-refractivity contribution in [2.45, 2.75) is 18.9 Å². The molecule has 1 fully saturated rings. The monoisotopic (exact) mass is 295 g/mol. The van der Waals surface area contributed by atoms with E-state index in [1.165, 1.54) is 4.31 Å². The minimum atomic E-state index is -3.47. The molecule has 0 amide bonds. The van der Waals surface area contributed by atoms with Gasteiger partial charge in [0.1, 0.15) is 0 Å². The van der Waals surface area contributed by atoms with Gasteiger partial charge in [-0.1, -0.05) is 0 Å². The van der Waals surface area contributed by atoms with Crippen molar-refractivity contribution in [2.24, 2.45) is 0 Å². The first kappa shape index (κ1) is 16.8. The fourth-order valence-corrected chi connectivity index (χ4v) is 3.40. The lowest BCUT2D eigenvalue weighted by Gasteiger charge is -2.28. The van der Waals surface area contributed by atoms with Gasteiger partial charge in [0.15, 0.2) is 0 Å². The van der Waals surface area contributed by atoms with Crippen LogP contribution in [-0.2, 0) is 19.7 Å². The Morgan fingerprint density at radius 3 is 2.16 bits per heavy atom. The van der Waals surface area contributed by atoms with Crippen LogP contribution in [0.25, 0.3) is 0 Å². The number of methoxy groups -OCH3 is 2. The van der Waals surface area contributed by atoms with Crippen LogP contribution in [0.1, 0.15) is 12.8 Å². The maximum absolute atomic E-state index is 12.3. The van der Waals surface area contributed by atoms with E-state index in [4.69, 9.17) is 9.47 Å². The van der Waals surface area contributed by atoms with Crippen LogP contribution in [0.15, 0.2) is 0 Å². The second kappa shape index (κ2) is 8.83. The van der Waals surface area contributed by atoms with Crippen LogP contribution in [-0.4, -0.2) is 72.4 Å². The smallest absolute Gasteiger partial charge is 0.279 e. The first-order valence-corrected chi connectivity index (χ1v) is 8.00. The first-order valence-electron chi connectivity index (χ1n) is 6.56. The molecular formula is C11H25N3O4S. The Morgan fingerprint density at radius 1 is 1.16 bits per heavy atom. The van der Waals surface area contributed by atoms with Crippen LogP contribution in [0, 0.1) is 0 Å². The van der Waals surface area contributed by atoms with Gasteiger partial charge < -0.3 is 14.8 Å². The number of rotatable bonds is 9. The standard InChI is InChI=1S/C11H25N3O4S/c1-17-9-7-14(8-10-18-2)19(15,16)13-11-3-5-12-6-4-11/h11-13H,3-10H2,1-2H3. The largest absolute Gasteiger partial charge is 0.383 e. The fourth-order valence-electron chi connectivity index (χ4n) is 1.96. The van der Waals surface area contributed by atoms with E-state index < -0.39 is 10.2 Å². The molecule has 0 aliphatic carbocycles. The number of hydrogen-bond donors (Lipinski definition) is 2. The molecule has 114 valence electrons. The quantitative estimate of drug-likeness (QED) is 0.580. The summed E-state index contributed by atoms with van der Waals surface area (Å²) in [5.41, 5.74) is 0. The zero-order chi connectivity index (χ0) is 14.1. The lowest BCUT2D eigenvalue weighted by atomic mass is 10.1. The van der Waals surface area contributed by atoms with Crippen LogP contribution in [0.2, 0.25) is 0 Å². The van der Waals surface area contributed by atoms with Crippen molar-refractivity contribution in [3.05, 3.63) is 0 Å². The van der Waals surface area contributed by atoms with E-state index in [2.05, 4.69) is 10.0 Å². The predicted molar refractivity (Wildman–Crippen MR) is 73.3 cm³/mol. The molecule has 0 unspecified atom stereocenters. The molecule has 1 aliphatic heterocycles. The number of hydrogen-bond acceptors (Lipinski definition) is 5. The number of nitrogens with zero attached hydrogens (tertiary/aromatic N) is 1. The molecule has 0 atom stereocenters. The van der Waals surface area contributed by atoms with E-state index in [9.17, 15) is 8.42 Å². The molecule has 8 heteroatoms. The maximum Gasteiger partial charge on any atom is 0.279 e. The van der Waals surface area contributed by atoms with Crippen LogP contribution in [0.3, 0.4) is 0 Å². The minimum Gasteiger partial charge on any atom is -0.383 e. The molecular weight excluding hydrogens is 270 g/mol. The molecule has 7 nitrogen and oxygen atoms in total. The Morgan fingerprint density at radius 2 is 1.68 bits per heavy atom. The minimum absolute atomic E-state index is 0.0128. The fraction of sp³-hybridized carbons (Fsp3) is 1.00. The number of nitrogens with one attached hydrogen (secondary N) is 2. The third-order valence-corrected chi connectivity index (χ3v) is 4.76. The highest BCUT2D eigenvalue weighted by Crippen LogP contribution is 2.07. The Labute approximate surface area is 115 Å². The van der Waals surface area contributed by atoms with Crippen molar-refractivity contribution < 1.29 is 17.9 Å². The Balaban J connectivity index is 2.56. The summed E-state index contributed by atoms with van der Waals surface area (Å²) >= 11 is 0. The van der Waals surface area contributed by atoms with Gasteiger partial charge in [0.2, 0.25) is 0 Å². The lowest BCUT2D eigenvalue weighted by Crippen LogP contribution is -2.50. The topological polar surface area (TPSA) is 79.9 Å². The van der Waals surface area contributed by atoms with Crippen LogP contribution in [0.5, 0.6) is 0 Å². The maximum atomic E-state index is 12.3. The summed E-state index contributed by atoms with van der Waals surface area (Å²) in [5.74, 6) is 0. The van der Waals surface area contributed by atoms with Crippen molar-refractivity contribution in [1.82, 2.24) is 14.3 Å². The molecule has 0 bridgehead atoms. The molecule has 0 aromatic heterocycles. The van der Waals surface area contributed by atoms with Gasteiger partial charge >= 0.3 is 0 Å². The summed E-state index contributed by atoms with van der Waals surface area (Å²) in [7, 11) is -0.357. The molecule has 0 aromatic rings. The molecule has 1 aliphatic rings. The van der Waals surface area contributed by atoms with Crippen molar-refractivity contribution in [2.75, 3.05) is 53.6 Å². The van der Waals surface area contributed by atoms with Crippen molar-refractivity contribution in [3.63, 3.8) is 0 Å². The van der Waals surface area contributed by atoms with Crippen molar-refractivity contribution >= 4 is 10.2 Å². The third kappa shape index (κ3) is 6.15.